The van der Waals surface area contributed by atoms with Crippen molar-refractivity contribution in [3.8, 4) is 0 Å². The Hall–Kier alpha value is -2.53. The van der Waals surface area contributed by atoms with Crippen molar-refractivity contribution in [3.05, 3.63) is 48.0 Å². The fraction of sp³-hybridized carbons (Fsp3) is 0.538. The fourth-order valence-electron chi connectivity index (χ4n) is 4.52. The SMILES string of the molecule is CCCSc1nc(N[C@@H]2C[C@H]2c2ccccc2)c2nnn([C@@H]3C=C[C@H](O)[C@@H](OC(C)(C)OC)C3)c2n1. The maximum atomic E-state index is 10.5. The van der Waals surface area contributed by atoms with E-state index >= 15 is 0 Å². The Balaban J connectivity index is 1.43. The van der Waals surface area contributed by atoms with Gasteiger partial charge in [-0.05, 0) is 32.3 Å². The van der Waals surface area contributed by atoms with E-state index in [2.05, 4.69) is 46.8 Å². The largest absolute Gasteiger partial charge is 0.386 e. The quantitative estimate of drug-likeness (QED) is 0.178. The summed E-state index contributed by atoms with van der Waals surface area (Å²) < 4.78 is 13.3. The minimum absolute atomic E-state index is 0.166. The molecule has 2 aromatic heterocycles. The molecule has 3 aromatic rings. The second-order valence-electron chi connectivity index (χ2n) is 9.85. The average molecular weight is 511 g/mol. The van der Waals surface area contributed by atoms with Gasteiger partial charge in [-0.2, -0.15) is 0 Å². The molecule has 10 heteroatoms. The van der Waals surface area contributed by atoms with E-state index in [9.17, 15) is 5.11 Å². The standard InChI is InChI=1S/C26H34N6O3S/c1-5-13-36-25-28-23(27-19-15-18(19)16-9-7-6-8-10-16)22-24(29-25)32(31-30-22)17-11-12-20(33)21(14-17)35-26(2,3)34-4/h6-12,17-21,33H,5,13-15H2,1-4H3,(H,27,28,29)/t17-,18+,19-,20+,21+/m1/s1. The van der Waals surface area contributed by atoms with Gasteiger partial charge in [0.15, 0.2) is 27.9 Å². The summed E-state index contributed by atoms with van der Waals surface area (Å²) in [6.07, 6.45) is 5.13. The van der Waals surface area contributed by atoms with Gasteiger partial charge in [0.05, 0.1) is 18.2 Å². The van der Waals surface area contributed by atoms with Crippen molar-refractivity contribution in [2.45, 2.75) is 81.2 Å². The Bertz CT molecular complexity index is 1220. The van der Waals surface area contributed by atoms with Gasteiger partial charge in [0.25, 0.3) is 0 Å². The monoisotopic (exact) mass is 510 g/mol. The first kappa shape index (κ1) is 25.1. The van der Waals surface area contributed by atoms with Crippen LogP contribution in [0.5, 0.6) is 0 Å². The Morgan fingerprint density at radius 2 is 1.97 bits per heavy atom. The summed E-state index contributed by atoms with van der Waals surface area (Å²) in [6.45, 7) is 5.81. The highest BCUT2D eigenvalue weighted by Gasteiger charge is 2.39. The van der Waals surface area contributed by atoms with Gasteiger partial charge in [-0.25, -0.2) is 14.6 Å². The summed E-state index contributed by atoms with van der Waals surface area (Å²) in [5.41, 5.74) is 2.67. The normalized spacial score (nSPS) is 25.9. The molecule has 1 aromatic carbocycles. The van der Waals surface area contributed by atoms with Crippen molar-refractivity contribution in [1.29, 1.82) is 0 Å². The molecule has 9 nitrogen and oxygen atoms in total. The topological polar surface area (TPSA) is 107 Å². The van der Waals surface area contributed by atoms with Crippen LogP contribution in [0.3, 0.4) is 0 Å². The molecule has 2 aliphatic rings. The molecular weight excluding hydrogens is 476 g/mol. The zero-order chi connectivity index (χ0) is 25.3. The predicted molar refractivity (Wildman–Crippen MR) is 140 cm³/mol. The molecule has 0 amide bonds. The van der Waals surface area contributed by atoms with Gasteiger partial charge in [0.2, 0.25) is 0 Å². The van der Waals surface area contributed by atoms with E-state index in [4.69, 9.17) is 19.4 Å². The lowest BCUT2D eigenvalue weighted by Gasteiger charge is -2.35. The first-order valence-electron chi connectivity index (χ1n) is 12.5. The molecule has 0 radical (unpaired) electrons. The molecule has 0 bridgehead atoms. The highest BCUT2D eigenvalue weighted by molar-refractivity contribution is 7.99. The zero-order valence-corrected chi connectivity index (χ0v) is 22.0. The molecule has 0 spiro atoms. The molecule has 0 aliphatic heterocycles. The van der Waals surface area contributed by atoms with Gasteiger partial charge in [-0.1, -0.05) is 66.4 Å². The number of fused-ring (bicyclic) bond motifs is 1. The Labute approximate surface area is 215 Å². The molecule has 0 unspecified atom stereocenters. The highest BCUT2D eigenvalue weighted by Crippen LogP contribution is 2.43. The molecule has 192 valence electrons. The van der Waals surface area contributed by atoms with Crippen molar-refractivity contribution in [1.82, 2.24) is 25.0 Å². The molecule has 1 fully saturated rings. The van der Waals surface area contributed by atoms with E-state index in [1.165, 1.54) is 5.56 Å². The number of aromatic nitrogens is 5. The van der Waals surface area contributed by atoms with Crippen molar-refractivity contribution < 1.29 is 14.6 Å². The third kappa shape index (κ3) is 5.41. The van der Waals surface area contributed by atoms with Crippen molar-refractivity contribution in [3.63, 3.8) is 0 Å². The van der Waals surface area contributed by atoms with Crippen LogP contribution in [0.1, 0.15) is 57.6 Å². The lowest BCUT2D eigenvalue weighted by Crippen LogP contribution is -2.41. The van der Waals surface area contributed by atoms with Crippen LogP contribution >= 0.6 is 11.8 Å². The number of methoxy groups -OCH3 is 1. The van der Waals surface area contributed by atoms with Crippen LogP contribution in [0.2, 0.25) is 0 Å². The van der Waals surface area contributed by atoms with Crippen LogP contribution in [0.25, 0.3) is 11.2 Å². The number of hydrogen-bond acceptors (Lipinski definition) is 9. The summed E-state index contributed by atoms with van der Waals surface area (Å²) in [4.78, 5) is 9.65. The number of hydrogen-bond donors (Lipinski definition) is 2. The van der Waals surface area contributed by atoms with Crippen molar-refractivity contribution in [2.24, 2.45) is 0 Å². The fourth-order valence-corrected chi connectivity index (χ4v) is 5.22. The van der Waals surface area contributed by atoms with E-state index in [1.807, 2.05) is 30.7 Å². The van der Waals surface area contributed by atoms with Crippen LogP contribution in [0.15, 0.2) is 47.6 Å². The Kier molecular flexibility index (Phi) is 7.30. The molecular formula is C26H34N6O3S. The van der Waals surface area contributed by atoms with Gasteiger partial charge in [-0.3, -0.25) is 0 Å². The zero-order valence-electron chi connectivity index (χ0n) is 21.2. The van der Waals surface area contributed by atoms with Crippen LogP contribution in [-0.4, -0.2) is 67.0 Å². The maximum Gasteiger partial charge on any atom is 0.191 e. The predicted octanol–water partition coefficient (Wildman–Crippen LogP) is 4.32. The Morgan fingerprint density at radius 3 is 2.72 bits per heavy atom. The molecule has 1 saturated carbocycles. The maximum absolute atomic E-state index is 10.5. The van der Waals surface area contributed by atoms with Gasteiger partial charge in [-0.15, -0.1) is 5.10 Å². The number of benzene rings is 1. The number of nitrogens with one attached hydrogen (secondary N) is 1. The van der Waals surface area contributed by atoms with E-state index in [0.29, 0.717) is 34.7 Å². The minimum Gasteiger partial charge on any atom is -0.386 e. The van der Waals surface area contributed by atoms with E-state index in [0.717, 1.165) is 24.4 Å². The number of thioether (sulfide) groups is 1. The van der Waals surface area contributed by atoms with Gasteiger partial charge in [0, 0.05) is 31.2 Å². The molecule has 5 atom stereocenters. The van der Waals surface area contributed by atoms with Gasteiger partial charge in [0.1, 0.15) is 0 Å². The smallest absolute Gasteiger partial charge is 0.191 e. The number of allylic oxidation sites excluding steroid dienone is 1. The van der Waals surface area contributed by atoms with E-state index in [-0.39, 0.29) is 6.04 Å². The van der Waals surface area contributed by atoms with E-state index < -0.39 is 18.0 Å². The van der Waals surface area contributed by atoms with Crippen LogP contribution in [0.4, 0.5) is 5.82 Å². The van der Waals surface area contributed by atoms with E-state index in [1.54, 1.807) is 24.9 Å². The van der Waals surface area contributed by atoms with Crippen LogP contribution < -0.4 is 5.32 Å². The van der Waals surface area contributed by atoms with Crippen LogP contribution in [-0.2, 0) is 9.47 Å². The summed E-state index contributed by atoms with van der Waals surface area (Å²) >= 11 is 1.63. The number of anilines is 1. The molecule has 2 aliphatic carbocycles. The average Bonchev–Trinajstić information content (AvgIpc) is 3.52. The molecule has 0 saturated heterocycles. The number of rotatable bonds is 10. The highest BCUT2D eigenvalue weighted by atomic mass is 32.2. The van der Waals surface area contributed by atoms with Crippen molar-refractivity contribution >= 4 is 28.7 Å². The first-order chi connectivity index (χ1) is 17.4. The third-order valence-corrected chi connectivity index (χ3v) is 7.76. The lowest BCUT2D eigenvalue weighted by atomic mass is 9.97. The van der Waals surface area contributed by atoms with Crippen LogP contribution in [0, 0.1) is 0 Å². The number of aliphatic hydroxyl groups is 1. The summed E-state index contributed by atoms with van der Waals surface area (Å²) in [6, 6.07) is 10.7. The summed E-state index contributed by atoms with van der Waals surface area (Å²) in [5, 5.41) is 23.8. The lowest BCUT2D eigenvalue weighted by molar-refractivity contribution is -0.239. The van der Waals surface area contributed by atoms with Crippen molar-refractivity contribution in [2.75, 3.05) is 18.2 Å². The van der Waals surface area contributed by atoms with Gasteiger partial charge >= 0.3 is 0 Å². The second kappa shape index (κ2) is 10.5. The molecule has 2 heterocycles. The molecule has 36 heavy (non-hydrogen) atoms. The van der Waals surface area contributed by atoms with Gasteiger partial charge < -0.3 is 19.9 Å². The Morgan fingerprint density at radius 1 is 1.17 bits per heavy atom. The molecule has 5 rings (SSSR count). The number of nitrogens with zero attached hydrogens (tertiary/aromatic N) is 5. The number of ether oxygens (including phenoxy) is 2. The minimum atomic E-state index is -0.811. The summed E-state index contributed by atoms with van der Waals surface area (Å²) in [5.74, 6) is 1.30. The first-order valence-corrected chi connectivity index (χ1v) is 13.5. The number of aliphatic hydroxyl groups excluding tert-OH is 1. The second-order valence-corrected chi connectivity index (χ2v) is 10.9. The molecule has 2 N–H and O–H groups in total. The summed E-state index contributed by atoms with van der Waals surface area (Å²) in [7, 11) is 1.59. The third-order valence-electron chi connectivity index (χ3n) is 6.70.